The topological polar surface area (TPSA) is 29.3 Å². The van der Waals surface area contributed by atoms with Crippen LogP contribution in [-0.4, -0.2) is 19.3 Å². The van der Waals surface area contributed by atoms with Crippen molar-refractivity contribution in [3.8, 4) is 0 Å². The molecular formula is C15H17ClN2O. The number of aryl methyl sites for hydroxylation is 1. The van der Waals surface area contributed by atoms with Crippen LogP contribution in [0.15, 0.2) is 28.8 Å². The van der Waals surface area contributed by atoms with Crippen molar-refractivity contribution in [2.24, 2.45) is 0 Å². The average Bonchev–Trinajstić information content (AvgIpc) is 2.81. The van der Waals surface area contributed by atoms with Crippen molar-refractivity contribution in [1.82, 2.24) is 5.16 Å². The zero-order chi connectivity index (χ0) is 13.4. The molecule has 3 rings (SSSR count). The summed E-state index contributed by atoms with van der Waals surface area (Å²) in [6.07, 6.45) is 3.06. The molecule has 0 fully saturated rings. The zero-order valence-corrected chi connectivity index (χ0v) is 11.9. The lowest BCUT2D eigenvalue weighted by molar-refractivity contribution is 0.415. The van der Waals surface area contributed by atoms with Crippen molar-refractivity contribution in [2.45, 2.75) is 25.2 Å². The van der Waals surface area contributed by atoms with Crippen molar-refractivity contribution < 1.29 is 4.52 Å². The fraction of sp³-hybridized carbons (Fsp3) is 0.400. The van der Waals surface area contributed by atoms with Crippen molar-refractivity contribution >= 4 is 17.5 Å². The number of benzene rings is 1. The molecule has 1 heterocycles. The second-order valence-electron chi connectivity index (χ2n) is 5.30. The van der Waals surface area contributed by atoms with E-state index in [0.29, 0.717) is 5.92 Å². The molecule has 1 aromatic heterocycles. The van der Waals surface area contributed by atoms with Crippen LogP contribution in [0.1, 0.15) is 29.2 Å². The predicted molar refractivity (Wildman–Crippen MR) is 77.0 cm³/mol. The molecule has 1 unspecified atom stereocenters. The summed E-state index contributed by atoms with van der Waals surface area (Å²) in [4.78, 5) is 1.99. The van der Waals surface area contributed by atoms with E-state index in [1.54, 1.807) is 0 Å². The van der Waals surface area contributed by atoms with Gasteiger partial charge in [0, 0.05) is 24.7 Å². The van der Waals surface area contributed by atoms with Crippen LogP contribution >= 0.6 is 11.6 Å². The SMILES string of the molecule is CN(C)c1onc2c1CC(c1cccc(Cl)c1)CC2. The monoisotopic (exact) mass is 276 g/mol. The van der Waals surface area contributed by atoms with E-state index in [1.165, 1.54) is 11.1 Å². The van der Waals surface area contributed by atoms with Gasteiger partial charge < -0.3 is 9.42 Å². The number of rotatable bonds is 2. The molecule has 3 nitrogen and oxygen atoms in total. The van der Waals surface area contributed by atoms with E-state index >= 15 is 0 Å². The van der Waals surface area contributed by atoms with Crippen LogP contribution < -0.4 is 4.90 Å². The Balaban J connectivity index is 1.91. The van der Waals surface area contributed by atoms with Gasteiger partial charge in [0.05, 0.1) is 5.69 Å². The molecule has 1 atom stereocenters. The second kappa shape index (κ2) is 4.89. The maximum absolute atomic E-state index is 6.09. The van der Waals surface area contributed by atoms with Crippen molar-refractivity contribution in [1.29, 1.82) is 0 Å². The summed E-state index contributed by atoms with van der Waals surface area (Å²) < 4.78 is 5.44. The van der Waals surface area contributed by atoms with Crippen molar-refractivity contribution in [3.05, 3.63) is 46.1 Å². The fourth-order valence-electron chi connectivity index (χ4n) is 2.79. The number of halogens is 1. The molecule has 0 saturated heterocycles. The number of hydrogen-bond donors (Lipinski definition) is 0. The lowest BCUT2D eigenvalue weighted by atomic mass is 9.82. The Hall–Kier alpha value is -1.48. The largest absolute Gasteiger partial charge is 0.347 e. The first-order valence-electron chi connectivity index (χ1n) is 6.55. The van der Waals surface area contributed by atoms with Crippen LogP contribution in [0.5, 0.6) is 0 Å². The fourth-order valence-corrected chi connectivity index (χ4v) is 2.99. The second-order valence-corrected chi connectivity index (χ2v) is 5.74. The van der Waals surface area contributed by atoms with Crippen LogP contribution in [0.4, 0.5) is 5.88 Å². The van der Waals surface area contributed by atoms with Gasteiger partial charge in [0.15, 0.2) is 0 Å². The number of nitrogens with zero attached hydrogens (tertiary/aromatic N) is 2. The number of anilines is 1. The Kier molecular flexibility index (Phi) is 3.23. The summed E-state index contributed by atoms with van der Waals surface area (Å²) in [6, 6.07) is 8.17. The first kappa shape index (κ1) is 12.5. The van der Waals surface area contributed by atoms with E-state index < -0.39 is 0 Å². The smallest absolute Gasteiger partial charge is 0.230 e. The molecule has 1 aliphatic rings. The predicted octanol–water partition coefficient (Wildman–Crippen LogP) is 3.67. The molecule has 100 valence electrons. The summed E-state index contributed by atoms with van der Waals surface area (Å²) in [6.45, 7) is 0. The summed E-state index contributed by atoms with van der Waals surface area (Å²) >= 11 is 6.09. The minimum Gasteiger partial charge on any atom is -0.347 e. The molecule has 0 radical (unpaired) electrons. The van der Waals surface area contributed by atoms with E-state index in [9.17, 15) is 0 Å². The van der Waals surface area contributed by atoms with Gasteiger partial charge in [-0.2, -0.15) is 0 Å². The highest BCUT2D eigenvalue weighted by molar-refractivity contribution is 6.30. The maximum Gasteiger partial charge on any atom is 0.230 e. The Labute approximate surface area is 118 Å². The highest BCUT2D eigenvalue weighted by atomic mass is 35.5. The van der Waals surface area contributed by atoms with Gasteiger partial charge in [-0.25, -0.2) is 0 Å². The summed E-state index contributed by atoms with van der Waals surface area (Å²) in [5.74, 6) is 1.39. The first-order valence-corrected chi connectivity index (χ1v) is 6.93. The third-order valence-corrected chi connectivity index (χ3v) is 3.99. The van der Waals surface area contributed by atoms with Crippen LogP contribution in [0.3, 0.4) is 0 Å². The molecule has 1 aromatic carbocycles. The summed E-state index contributed by atoms with van der Waals surface area (Å²) in [5.41, 5.74) is 3.67. The van der Waals surface area contributed by atoms with Gasteiger partial charge in [0.1, 0.15) is 0 Å². The van der Waals surface area contributed by atoms with E-state index in [-0.39, 0.29) is 0 Å². The first-order chi connectivity index (χ1) is 9.15. The minimum absolute atomic E-state index is 0.504. The van der Waals surface area contributed by atoms with Crippen LogP contribution in [0.2, 0.25) is 5.02 Å². The average molecular weight is 277 g/mol. The van der Waals surface area contributed by atoms with Gasteiger partial charge in [-0.15, -0.1) is 0 Å². The third kappa shape index (κ3) is 2.35. The number of aromatic nitrogens is 1. The van der Waals surface area contributed by atoms with Crippen LogP contribution in [-0.2, 0) is 12.8 Å². The van der Waals surface area contributed by atoms with E-state index in [1.807, 2.05) is 31.1 Å². The van der Waals surface area contributed by atoms with Gasteiger partial charge >= 0.3 is 0 Å². The molecule has 0 amide bonds. The molecule has 1 aliphatic carbocycles. The highest BCUT2D eigenvalue weighted by Gasteiger charge is 2.27. The Morgan fingerprint density at radius 3 is 2.95 bits per heavy atom. The Morgan fingerprint density at radius 1 is 1.37 bits per heavy atom. The van der Waals surface area contributed by atoms with E-state index in [2.05, 4.69) is 17.3 Å². The molecule has 0 N–H and O–H groups in total. The molecule has 4 heteroatoms. The number of fused-ring (bicyclic) bond motifs is 1. The highest BCUT2D eigenvalue weighted by Crippen LogP contribution is 2.37. The normalized spacial score (nSPS) is 18.2. The van der Waals surface area contributed by atoms with Crippen molar-refractivity contribution in [2.75, 3.05) is 19.0 Å². The summed E-state index contributed by atoms with van der Waals surface area (Å²) in [5, 5.41) is 4.99. The minimum atomic E-state index is 0.504. The quantitative estimate of drug-likeness (QED) is 0.838. The molecule has 0 spiro atoms. The van der Waals surface area contributed by atoms with Gasteiger partial charge in [0.25, 0.3) is 0 Å². The van der Waals surface area contributed by atoms with E-state index in [4.69, 9.17) is 16.1 Å². The third-order valence-electron chi connectivity index (χ3n) is 3.76. The van der Waals surface area contributed by atoms with Gasteiger partial charge in [-0.1, -0.05) is 28.9 Å². The molecule has 19 heavy (non-hydrogen) atoms. The lowest BCUT2D eigenvalue weighted by Crippen LogP contribution is -2.16. The van der Waals surface area contributed by atoms with Gasteiger partial charge in [-0.05, 0) is 42.9 Å². The maximum atomic E-state index is 6.09. The van der Waals surface area contributed by atoms with Gasteiger partial charge in [0.2, 0.25) is 5.88 Å². The Morgan fingerprint density at radius 2 is 2.21 bits per heavy atom. The van der Waals surface area contributed by atoms with Crippen LogP contribution in [0.25, 0.3) is 0 Å². The van der Waals surface area contributed by atoms with Crippen LogP contribution in [0, 0.1) is 0 Å². The Bertz CT molecular complexity index is 592. The molecular weight excluding hydrogens is 260 g/mol. The molecule has 0 bridgehead atoms. The zero-order valence-electron chi connectivity index (χ0n) is 11.2. The molecule has 2 aromatic rings. The van der Waals surface area contributed by atoms with Crippen molar-refractivity contribution in [3.63, 3.8) is 0 Å². The van der Waals surface area contributed by atoms with E-state index in [0.717, 1.165) is 35.9 Å². The molecule has 0 saturated carbocycles. The molecule has 0 aliphatic heterocycles. The number of hydrogen-bond acceptors (Lipinski definition) is 3. The lowest BCUT2D eigenvalue weighted by Gasteiger charge is -2.23. The summed E-state index contributed by atoms with van der Waals surface area (Å²) in [7, 11) is 3.98. The standard InChI is InChI=1S/C15H17ClN2O/c1-18(2)15-13-9-11(6-7-14(13)17-19-15)10-4-3-5-12(16)8-10/h3-5,8,11H,6-7,9H2,1-2H3. The van der Waals surface area contributed by atoms with Gasteiger partial charge in [-0.3, -0.25) is 0 Å².